The van der Waals surface area contributed by atoms with Gasteiger partial charge in [-0.25, -0.2) is 13.1 Å². The summed E-state index contributed by atoms with van der Waals surface area (Å²) in [6, 6.07) is 16.7. The molecule has 2 N–H and O–H groups in total. The number of hydrogen-bond donors (Lipinski definition) is 2. The van der Waals surface area contributed by atoms with Crippen LogP contribution >= 0.6 is 15.9 Å². The highest BCUT2D eigenvalue weighted by atomic mass is 79.9. The molecule has 2 aromatic carbocycles. The van der Waals surface area contributed by atoms with Crippen molar-refractivity contribution in [3.05, 3.63) is 76.7 Å². The van der Waals surface area contributed by atoms with Crippen LogP contribution in [0, 0.1) is 0 Å². The van der Waals surface area contributed by atoms with Gasteiger partial charge in [-0.15, -0.1) is 0 Å². The predicted molar refractivity (Wildman–Crippen MR) is 115 cm³/mol. The van der Waals surface area contributed by atoms with Crippen LogP contribution in [-0.2, 0) is 16.6 Å². The number of benzene rings is 2. The lowest BCUT2D eigenvalue weighted by molar-refractivity contribution is 0.0992. The van der Waals surface area contributed by atoms with Gasteiger partial charge in [0, 0.05) is 16.2 Å². The van der Waals surface area contributed by atoms with Gasteiger partial charge in [0.05, 0.1) is 4.90 Å². The lowest BCUT2D eigenvalue weighted by Crippen LogP contribution is -2.25. The van der Waals surface area contributed by atoms with Crippen molar-refractivity contribution in [1.82, 2.24) is 4.72 Å². The predicted octanol–water partition coefficient (Wildman–Crippen LogP) is 4.31. The van der Waals surface area contributed by atoms with E-state index in [-0.39, 0.29) is 23.3 Å². The first-order valence-electron chi connectivity index (χ1n) is 9.30. The fourth-order valence-electron chi connectivity index (χ4n) is 2.69. The van der Waals surface area contributed by atoms with Gasteiger partial charge in [-0.2, -0.15) is 0 Å². The molecule has 30 heavy (non-hydrogen) atoms. The number of rotatable bonds is 8. The van der Waals surface area contributed by atoms with Gasteiger partial charge in [0.2, 0.25) is 10.0 Å². The van der Waals surface area contributed by atoms with Crippen LogP contribution in [0.4, 0.5) is 5.69 Å². The third-order valence-electron chi connectivity index (χ3n) is 4.38. The van der Waals surface area contributed by atoms with Crippen LogP contribution in [0.5, 0.6) is 5.75 Å². The molecule has 9 heteroatoms. The number of nitrogens with one attached hydrogen (secondary N) is 2. The fraction of sp³-hybridized carbons (Fsp3) is 0.190. The second-order valence-electron chi connectivity index (χ2n) is 6.89. The molecule has 0 unspecified atom stereocenters. The largest absolute Gasteiger partial charge is 0.486 e. The van der Waals surface area contributed by atoms with Crippen molar-refractivity contribution >= 4 is 37.5 Å². The van der Waals surface area contributed by atoms with E-state index in [0.29, 0.717) is 17.2 Å². The Hall–Kier alpha value is -2.62. The number of sulfonamides is 1. The van der Waals surface area contributed by atoms with Crippen molar-refractivity contribution in [1.29, 1.82) is 0 Å². The minimum Gasteiger partial charge on any atom is -0.486 e. The smallest absolute Gasteiger partial charge is 0.291 e. The first-order valence-corrected chi connectivity index (χ1v) is 11.6. The lowest BCUT2D eigenvalue weighted by atomic mass is 10.3. The maximum absolute atomic E-state index is 12.5. The van der Waals surface area contributed by atoms with E-state index in [4.69, 9.17) is 9.15 Å². The Kier molecular flexibility index (Phi) is 5.94. The summed E-state index contributed by atoms with van der Waals surface area (Å²) in [4.78, 5) is 12.6. The van der Waals surface area contributed by atoms with E-state index in [1.807, 2.05) is 24.3 Å². The topological polar surface area (TPSA) is 97.6 Å². The third kappa shape index (κ3) is 5.29. The Morgan fingerprint density at radius 3 is 2.60 bits per heavy atom. The Morgan fingerprint density at radius 2 is 1.87 bits per heavy atom. The van der Waals surface area contributed by atoms with Crippen molar-refractivity contribution in [3.63, 3.8) is 0 Å². The van der Waals surface area contributed by atoms with Crippen molar-refractivity contribution in [2.45, 2.75) is 30.4 Å². The zero-order chi connectivity index (χ0) is 21.1. The molecule has 0 radical (unpaired) electrons. The second-order valence-corrected chi connectivity index (χ2v) is 9.52. The molecule has 0 aliphatic heterocycles. The number of anilines is 1. The van der Waals surface area contributed by atoms with Crippen LogP contribution in [0.15, 0.2) is 74.4 Å². The number of carbonyl (C=O) groups is 1. The third-order valence-corrected chi connectivity index (χ3v) is 6.43. The summed E-state index contributed by atoms with van der Waals surface area (Å²) in [7, 11) is -3.60. The molecular weight excluding hydrogens is 472 g/mol. The minimum atomic E-state index is -3.60. The number of carbonyl (C=O) groups excluding carboxylic acids is 1. The summed E-state index contributed by atoms with van der Waals surface area (Å²) in [6.45, 7) is 0.176. The molecule has 156 valence electrons. The molecule has 0 bridgehead atoms. The highest BCUT2D eigenvalue weighted by Gasteiger charge is 2.28. The van der Waals surface area contributed by atoms with Crippen molar-refractivity contribution in [3.8, 4) is 5.75 Å². The van der Waals surface area contributed by atoms with Crippen LogP contribution in [0.1, 0.15) is 29.2 Å². The summed E-state index contributed by atoms with van der Waals surface area (Å²) in [5.74, 6) is 0.801. The average Bonchev–Trinajstić information content (AvgIpc) is 3.39. The van der Waals surface area contributed by atoms with Crippen molar-refractivity contribution < 1.29 is 22.4 Å². The number of hydrogen-bond acceptors (Lipinski definition) is 5. The Labute approximate surface area is 182 Å². The van der Waals surface area contributed by atoms with E-state index in [2.05, 4.69) is 26.0 Å². The molecule has 0 atom stereocenters. The fourth-order valence-corrected chi connectivity index (χ4v) is 4.30. The van der Waals surface area contributed by atoms with Gasteiger partial charge in [-0.3, -0.25) is 4.79 Å². The zero-order valence-electron chi connectivity index (χ0n) is 15.8. The molecule has 0 saturated heterocycles. The quantitative estimate of drug-likeness (QED) is 0.490. The maximum Gasteiger partial charge on any atom is 0.291 e. The van der Waals surface area contributed by atoms with Crippen LogP contribution < -0.4 is 14.8 Å². The molecule has 1 aromatic heterocycles. The Bertz CT molecular complexity index is 1150. The number of halogens is 1. The molecule has 0 spiro atoms. The first kappa shape index (κ1) is 20.6. The normalized spacial score (nSPS) is 13.8. The maximum atomic E-state index is 12.5. The molecule has 4 rings (SSSR count). The average molecular weight is 491 g/mol. The molecule has 1 aliphatic rings. The van der Waals surface area contributed by atoms with Gasteiger partial charge in [-0.1, -0.05) is 22.0 Å². The van der Waals surface area contributed by atoms with Gasteiger partial charge >= 0.3 is 0 Å². The van der Waals surface area contributed by atoms with Gasteiger partial charge < -0.3 is 14.5 Å². The summed E-state index contributed by atoms with van der Waals surface area (Å²) in [6.07, 6.45) is 1.70. The van der Waals surface area contributed by atoms with Crippen LogP contribution in [0.25, 0.3) is 0 Å². The van der Waals surface area contributed by atoms with E-state index in [9.17, 15) is 13.2 Å². The lowest BCUT2D eigenvalue weighted by Gasteiger charge is -2.08. The van der Waals surface area contributed by atoms with Crippen LogP contribution in [0.3, 0.4) is 0 Å². The van der Waals surface area contributed by atoms with Crippen molar-refractivity contribution in [2.75, 3.05) is 5.32 Å². The summed E-state index contributed by atoms with van der Waals surface area (Å²) in [5.41, 5.74) is 0.364. The van der Waals surface area contributed by atoms with E-state index in [0.717, 1.165) is 17.3 Å². The monoisotopic (exact) mass is 490 g/mol. The van der Waals surface area contributed by atoms with E-state index in [1.54, 1.807) is 24.3 Å². The molecule has 7 nitrogen and oxygen atoms in total. The zero-order valence-corrected chi connectivity index (χ0v) is 18.2. The summed E-state index contributed by atoms with van der Waals surface area (Å²) < 4.78 is 39.4. The van der Waals surface area contributed by atoms with E-state index in [1.165, 1.54) is 12.1 Å². The molecule has 3 aromatic rings. The summed E-state index contributed by atoms with van der Waals surface area (Å²) in [5, 5.41) is 2.66. The molecule has 1 fully saturated rings. The standard InChI is InChI=1S/C21H19BrN2O5S/c22-14-4-8-17(9-5-14)28-13-18-10-11-20(29-18)21(25)23-16-2-1-3-19(12-16)30(26,27)24-15-6-7-15/h1-5,8-12,15,24H,6-7,13H2,(H,23,25). The van der Waals surface area contributed by atoms with E-state index >= 15 is 0 Å². The van der Waals surface area contributed by atoms with Crippen LogP contribution in [0.2, 0.25) is 0 Å². The van der Waals surface area contributed by atoms with Crippen molar-refractivity contribution in [2.24, 2.45) is 0 Å². The highest BCUT2D eigenvalue weighted by molar-refractivity contribution is 9.10. The molecule has 1 aliphatic carbocycles. The van der Waals surface area contributed by atoms with Gasteiger partial charge in [0.15, 0.2) is 5.76 Å². The first-order chi connectivity index (χ1) is 14.4. The van der Waals surface area contributed by atoms with Gasteiger partial charge in [0.25, 0.3) is 5.91 Å². The van der Waals surface area contributed by atoms with Crippen LogP contribution in [-0.4, -0.2) is 20.4 Å². The number of ether oxygens (including phenoxy) is 1. The SMILES string of the molecule is O=C(Nc1cccc(S(=O)(=O)NC2CC2)c1)c1ccc(COc2ccc(Br)cc2)o1. The van der Waals surface area contributed by atoms with E-state index < -0.39 is 15.9 Å². The summed E-state index contributed by atoms with van der Waals surface area (Å²) >= 11 is 3.36. The molecule has 1 amide bonds. The molecule has 1 saturated carbocycles. The van der Waals surface area contributed by atoms with Gasteiger partial charge in [-0.05, 0) is 67.4 Å². The number of furan rings is 1. The molecular formula is C21H19BrN2O5S. The minimum absolute atomic E-state index is 0.00872. The Morgan fingerprint density at radius 1 is 1.10 bits per heavy atom. The Balaban J connectivity index is 1.38. The number of amides is 1. The second kappa shape index (κ2) is 8.63. The molecule has 1 heterocycles. The highest BCUT2D eigenvalue weighted by Crippen LogP contribution is 2.24. The van der Waals surface area contributed by atoms with Gasteiger partial charge in [0.1, 0.15) is 18.1 Å².